The van der Waals surface area contributed by atoms with Crippen LogP contribution in [0.2, 0.25) is 5.02 Å². The molecule has 0 spiro atoms. The predicted octanol–water partition coefficient (Wildman–Crippen LogP) is 1.97. The van der Waals surface area contributed by atoms with Gasteiger partial charge in [0.1, 0.15) is 12.4 Å². The van der Waals surface area contributed by atoms with Gasteiger partial charge < -0.3 is 4.74 Å². The van der Waals surface area contributed by atoms with Crippen LogP contribution in [0.3, 0.4) is 0 Å². The second-order valence-corrected chi connectivity index (χ2v) is 6.06. The Kier molecular flexibility index (Phi) is 5.24. The molecule has 0 fully saturated rings. The third-order valence-electron chi connectivity index (χ3n) is 2.20. The Labute approximate surface area is 107 Å². The zero-order chi connectivity index (χ0) is 12.9. The maximum atomic E-state index is 11.1. The lowest BCUT2D eigenvalue weighted by Gasteiger charge is -2.08. The predicted molar refractivity (Wildman–Crippen MR) is 69.1 cm³/mol. The first-order chi connectivity index (χ1) is 7.94. The van der Waals surface area contributed by atoms with Gasteiger partial charge in [0.2, 0.25) is 10.0 Å². The van der Waals surface area contributed by atoms with Gasteiger partial charge in [-0.3, -0.25) is 0 Å². The molecule has 0 atom stereocenters. The summed E-state index contributed by atoms with van der Waals surface area (Å²) in [6, 6.07) is 5.32. The molecule has 0 saturated carbocycles. The highest BCUT2D eigenvalue weighted by molar-refractivity contribution is 7.89. The summed E-state index contributed by atoms with van der Waals surface area (Å²) in [5.41, 5.74) is 0.929. The minimum absolute atomic E-state index is 0.0764. The summed E-state index contributed by atoms with van der Waals surface area (Å²) < 4.78 is 30.1. The smallest absolute Gasteiger partial charge is 0.211 e. The molecule has 17 heavy (non-hydrogen) atoms. The van der Waals surface area contributed by atoms with Gasteiger partial charge in [-0.1, -0.05) is 11.6 Å². The van der Waals surface area contributed by atoms with Crippen molar-refractivity contribution in [2.24, 2.45) is 0 Å². The SMILES string of the molecule is CCS(=O)(=O)NCCOc1ccc(Cl)c(C)c1. The molecule has 0 unspecified atom stereocenters. The van der Waals surface area contributed by atoms with Crippen molar-refractivity contribution in [3.8, 4) is 5.75 Å². The van der Waals surface area contributed by atoms with Crippen molar-refractivity contribution in [1.82, 2.24) is 4.72 Å². The third kappa shape index (κ3) is 4.93. The van der Waals surface area contributed by atoms with Crippen molar-refractivity contribution in [3.63, 3.8) is 0 Å². The van der Waals surface area contributed by atoms with Gasteiger partial charge in [0, 0.05) is 11.6 Å². The van der Waals surface area contributed by atoms with E-state index in [2.05, 4.69) is 4.72 Å². The lowest BCUT2D eigenvalue weighted by atomic mass is 10.2. The Bertz CT molecular complexity index is 474. The highest BCUT2D eigenvalue weighted by atomic mass is 35.5. The van der Waals surface area contributed by atoms with E-state index in [0.717, 1.165) is 5.56 Å². The van der Waals surface area contributed by atoms with Crippen molar-refractivity contribution in [3.05, 3.63) is 28.8 Å². The number of rotatable bonds is 6. The van der Waals surface area contributed by atoms with Crippen molar-refractivity contribution in [2.45, 2.75) is 13.8 Å². The zero-order valence-corrected chi connectivity index (χ0v) is 11.4. The molecule has 0 saturated heterocycles. The average Bonchev–Trinajstić information content (AvgIpc) is 2.29. The molecule has 0 bridgehead atoms. The van der Waals surface area contributed by atoms with Gasteiger partial charge in [-0.15, -0.1) is 0 Å². The molecule has 0 heterocycles. The number of nitrogens with one attached hydrogen (secondary N) is 1. The van der Waals surface area contributed by atoms with Gasteiger partial charge in [0.05, 0.1) is 5.75 Å². The zero-order valence-electron chi connectivity index (χ0n) is 9.86. The molecule has 0 aliphatic heterocycles. The Balaban J connectivity index is 2.39. The van der Waals surface area contributed by atoms with Gasteiger partial charge in [-0.25, -0.2) is 13.1 Å². The number of halogens is 1. The first kappa shape index (κ1) is 14.3. The van der Waals surface area contributed by atoms with Crippen molar-refractivity contribution in [1.29, 1.82) is 0 Å². The Hall–Kier alpha value is -0.780. The number of aryl methyl sites for hydroxylation is 1. The summed E-state index contributed by atoms with van der Waals surface area (Å²) in [4.78, 5) is 0. The third-order valence-corrected chi connectivity index (χ3v) is 4.03. The first-order valence-electron chi connectivity index (χ1n) is 5.31. The molecule has 0 aromatic heterocycles. The average molecular weight is 278 g/mol. The Morgan fingerprint density at radius 3 is 2.71 bits per heavy atom. The summed E-state index contributed by atoms with van der Waals surface area (Å²) in [5.74, 6) is 0.759. The van der Waals surface area contributed by atoms with Crippen LogP contribution in [0.4, 0.5) is 0 Å². The largest absolute Gasteiger partial charge is 0.492 e. The van der Waals surface area contributed by atoms with Crippen LogP contribution in [-0.4, -0.2) is 27.3 Å². The Morgan fingerprint density at radius 2 is 2.12 bits per heavy atom. The van der Waals surface area contributed by atoms with Gasteiger partial charge in [0.15, 0.2) is 0 Å². The van der Waals surface area contributed by atoms with Crippen LogP contribution in [0.1, 0.15) is 12.5 Å². The minimum Gasteiger partial charge on any atom is -0.492 e. The highest BCUT2D eigenvalue weighted by Crippen LogP contribution is 2.20. The van der Waals surface area contributed by atoms with Crippen LogP contribution in [-0.2, 0) is 10.0 Å². The lowest BCUT2D eigenvalue weighted by molar-refractivity contribution is 0.322. The molecule has 6 heteroatoms. The number of sulfonamides is 1. The minimum atomic E-state index is -3.14. The molecule has 0 radical (unpaired) electrons. The van der Waals surface area contributed by atoms with E-state index in [9.17, 15) is 8.42 Å². The van der Waals surface area contributed by atoms with Crippen LogP contribution < -0.4 is 9.46 Å². The molecular weight excluding hydrogens is 262 g/mol. The lowest BCUT2D eigenvalue weighted by Crippen LogP contribution is -2.29. The van der Waals surface area contributed by atoms with Crippen molar-refractivity contribution in [2.75, 3.05) is 18.9 Å². The first-order valence-corrected chi connectivity index (χ1v) is 7.34. The van der Waals surface area contributed by atoms with E-state index in [1.165, 1.54) is 0 Å². The maximum absolute atomic E-state index is 11.1. The molecule has 1 aromatic rings. The molecule has 4 nitrogen and oxygen atoms in total. The number of ether oxygens (including phenoxy) is 1. The normalized spacial score (nSPS) is 11.5. The van der Waals surface area contributed by atoms with E-state index in [0.29, 0.717) is 17.4 Å². The number of hydrogen-bond donors (Lipinski definition) is 1. The molecule has 0 amide bonds. The van der Waals surface area contributed by atoms with E-state index >= 15 is 0 Å². The molecule has 1 N–H and O–H groups in total. The molecule has 1 rings (SSSR count). The maximum Gasteiger partial charge on any atom is 0.211 e. The van der Waals surface area contributed by atoms with Crippen LogP contribution in [0.25, 0.3) is 0 Å². The number of benzene rings is 1. The summed E-state index contributed by atoms with van der Waals surface area (Å²) in [6.07, 6.45) is 0. The van der Waals surface area contributed by atoms with Gasteiger partial charge in [0.25, 0.3) is 0 Å². The quantitative estimate of drug-likeness (QED) is 0.809. The van der Waals surface area contributed by atoms with Crippen molar-refractivity contribution >= 4 is 21.6 Å². The van der Waals surface area contributed by atoms with E-state index < -0.39 is 10.0 Å². The van der Waals surface area contributed by atoms with Gasteiger partial charge in [-0.05, 0) is 37.6 Å². The number of hydrogen-bond acceptors (Lipinski definition) is 3. The van der Waals surface area contributed by atoms with Crippen LogP contribution in [0.5, 0.6) is 5.75 Å². The van der Waals surface area contributed by atoms with Gasteiger partial charge >= 0.3 is 0 Å². The van der Waals surface area contributed by atoms with E-state index in [-0.39, 0.29) is 12.3 Å². The van der Waals surface area contributed by atoms with Crippen LogP contribution >= 0.6 is 11.6 Å². The fraction of sp³-hybridized carbons (Fsp3) is 0.455. The summed E-state index contributed by atoms with van der Waals surface area (Å²) in [5, 5.41) is 0.684. The summed E-state index contributed by atoms with van der Waals surface area (Å²) in [7, 11) is -3.14. The fourth-order valence-electron chi connectivity index (χ4n) is 1.18. The second-order valence-electron chi connectivity index (χ2n) is 3.56. The van der Waals surface area contributed by atoms with Crippen LogP contribution in [0.15, 0.2) is 18.2 Å². The van der Waals surface area contributed by atoms with Crippen molar-refractivity contribution < 1.29 is 13.2 Å². The molecular formula is C11H16ClNO3S. The van der Waals surface area contributed by atoms with Crippen LogP contribution in [0, 0.1) is 6.92 Å². The van der Waals surface area contributed by atoms with E-state index in [4.69, 9.17) is 16.3 Å². The second kappa shape index (κ2) is 6.23. The molecule has 96 valence electrons. The standard InChI is InChI=1S/C11H16ClNO3S/c1-3-17(14,15)13-6-7-16-10-4-5-11(12)9(2)8-10/h4-5,8,13H,3,6-7H2,1-2H3. The monoisotopic (exact) mass is 277 g/mol. The topological polar surface area (TPSA) is 55.4 Å². The Morgan fingerprint density at radius 1 is 1.41 bits per heavy atom. The highest BCUT2D eigenvalue weighted by Gasteiger charge is 2.05. The molecule has 1 aromatic carbocycles. The van der Waals surface area contributed by atoms with E-state index in [1.54, 1.807) is 19.1 Å². The molecule has 0 aliphatic carbocycles. The summed E-state index contributed by atoms with van der Waals surface area (Å²) >= 11 is 5.87. The van der Waals surface area contributed by atoms with E-state index in [1.807, 2.05) is 13.0 Å². The molecule has 0 aliphatic rings. The summed E-state index contributed by atoms with van der Waals surface area (Å²) in [6.45, 7) is 4.03. The van der Waals surface area contributed by atoms with Gasteiger partial charge in [-0.2, -0.15) is 0 Å². The fourth-order valence-corrected chi connectivity index (χ4v) is 1.89.